The Morgan fingerprint density at radius 3 is 2.62 bits per heavy atom. The standard InChI is InChI=1S/C11H13FO4/c1-15-8-4-3-7(10(6-8)16-2)5-9(12)11(13)14/h3-4,6,9H,5H2,1-2H3,(H,13,14). The first kappa shape index (κ1) is 12.3. The fourth-order valence-electron chi connectivity index (χ4n) is 1.30. The van der Waals surface area contributed by atoms with Gasteiger partial charge in [-0.05, 0) is 11.6 Å². The Morgan fingerprint density at radius 1 is 1.44 bits per heavy atom. The zero-order chi connectivity index (χ0) is 12.1. The number of alkyl halides is 1. The van der Waals surface area contributed by atoms with Crippen LogP contribution >= 0.6 is 0 Å². The van der Waals surface area contributed by atoms with Crippen LogP contribution in [0.5, 0.6) is 11.5 Å². The Hall–Kier alpha value is -1.78. The van der Waals surface area contributed by atoms with Crippen molar-refractivity contribution in [1.29, 1.82) is 0 Å². The molecule has 16 heavy (non-hydrogen) atoms. The van der Waals surface area contributed by atoms with Crippen LogP contribution in [0.1, 0.15) is 5.56 Å². The van der Waals surface area contributed by atoms with Crippen molar-refractivity contribution in [2.45, 2.75) is 12.6 Å². The van der Waals surface area contributed by atoms with Crippen LogP contribution in [0.2, 0.25) is 0 Å². The van der Waals surface area contributed by atoms with Crippen molar-refractivity contribution < 1.29 is 23.8 Å². The molecule has 0 saturated heterocycles. The lowest BCUT2D eigenvalue weighted by atomic mass is 10.1. The van der Waals surface area contributed by atoms with E-state index >= 15 is 0 Å². The molecule has 0 radical (unpaired) electrons. The average molecular weight is 228 g/mol. The van der Waals surface area contributed by atoms with E-state index in [-0.39, 0.29) is 6.42 Å². The number of aliphatic carboxylic acids is 1. The highest BCUT2D eigenvalue weighted by Gasteiger charge is 2.18. The molecule has 88 valence electrons. The lowest BCUT2D eigenvalue weighted by molar-refractivity contribution is -0.142. The fraction of sp³-hybridized carbons (Fsp3) is 0.364. The van der Waals surface area contributed by atoms with Gasteiger partial charge in [0.1, 0.15) is 11.5 Å². The highest BCUT2D eigenvalue weighted by atomic mass is 19.1. The highest BCUT2D eigenvalue weighted by molar-refractivity contribution is 5.72. The molecule has 1 N–H and O–H groups in total. The van der Waals surface area contributed by atoms with E-state index in [4.69, 9.17) is 14.6 Å². The van der Waals surface area contributed by atoms with Gasteiger partial charge >= 0.3 is 5.97 Å². The molecule has 0 bridgehead atoms. The Kier molecular flexibility index (Phi) is 4.10. The van der Waals surface area contributed by atoms with Crippen molar-refractivity contribution in [2.24, 2.45) is 0 Å². The number of benzene rings is 1. The van der Waals surface area contributed by atoms with Crippen LogP contribution in [-0.4, -0.2) is 31.5 Å². The molecule has 0 aromatic heterocycles. The number of carboxylic acids is 1. The summed E-state index contributed by atoms with van der Waals surface area (Å²) in [7, 11) is 2.94. The molecular formula is C11H13FO4. The number of ether oxygens (including phenoxy) is 2. The van der Waals surface area contributed by atoms with Gasteiger partial charge in [-0.15, -0.1) is 0 Å². The second kappa shape index (κ2) is 5.34. The summed E-state index contributed by atoms with van der Waals surface area (Å²) in [5.74, 6) is -0.479. The van der Waals surface area contributed by atoms with Crippen molar-refractivity contribution in [3.63, 3.8) is 0 Å². The molecule has 4 nitrogen and oxygen atoms in total. The van der Waals surface area contributed by atoms with Crippen LogP contribution in [0, 0.1) is 0 Å². The second-order valence-electron chi connectivity index (χ2n) is 3.19. The first-order chi connectivity index (χ1) is 7.58. The Balaban J connectivity index is 2.91. The van der Waals surface area contributed by atoms with Crippen molar-refractivity contribution in [3.8, 4) is 11.5 Å². The quantitative estimate of drug-likeness (QED) is 0.832. The number of carboxylic acid groups (broad SMARTS) is 1. The van der Waals surface area contributed by atoms with Gasteiger partial charge in [-0.2, -0.15) is 0 Å². The first-order valence-corrected chi connectivity index (χ1v) is 4.66. The number of rotatable bonds is 5. The maximum atomic E-state index is 13.0. The molecule has 0 aliphatic carbocycles. The molecule has 5 heteroatoms. The minimum absolute atomic E-state index is 0.220. The second-order valence-corrected chi connectivity index (χ2v) is 3.19. The summed E-state index contributed by atoms with van der Waals surface area (Å²) in [5.41, 5.74) is 0.498. The van der Waals surface area contributed by atoms with Crippen LogP contribution < -0.4 is 9.47 Å². The number of hydrogen-bond acceptors (Lipinski definition) is 3. The summed E-state index contributed by atoms with van der Waals surface area (Å²) in [6.07, 6.45) is -2.15. The molecule has 1 rings (SSSR count). The van der Waals surface area contributed by atoms with Gasteiger partial charge in [-0.1, -0.05) is 6.07 Å². The van der Waals surface area contributed by atoms with Crippen LogP contribution in [0.15, 0.2) is 18.2 Å². The van der Waals surface area contributed by atoms with Gasteiger partial charge in [0.15, 0.2) is 0 Å². The number of carbonyl (C=O) groups is 1. The van der Waals surface area contributed by atoms with E-state index in [1.165, 1.54) is 14.2 Å². The van der Waals surface area contributed by atoms with E-state index < -0.39 is 12.1 Å². The average Bonchev–Trinajstić information content (AvgIpc) is 2.29. The normalized spacial score (nSPS) is 11.9. The molecule has 1 atom stereocenters. The maximum absolute atomic E-state index is 13.0. The van der Waals surface area contributed by atoms with Gasteiger partial charge < -0.3 is 14.6 Å². The van der Waals surface area contributed by atoms with Gasteiger partial charge in [0.05, 0.1) is 14.2 Å². The molecule has 0 heterocycles. The van der Waals surface area contributed by atoms with Crippen molar-refractivity contribution in [3.05, 3.63) is 23.8 Å². The third-order valence-electron chi connectivity index (χ3n) is 2.16. The molecule has 0 fully saturated rings. The Labute approximate surface area is 92.6 Å². The van der Waals surface area contributed by atoms with Crippen LogP contribution in [0.25, 0.3) is 0 Å². The zero-order valence-electron chi connectivity index (χ0n) is 9.07. The topological polar surface area (TPSA) is 55.8 Å². The van der Waals surface area contributed by atoms with E-state index in [1.807, 2.05) is 0 Å². The van der Waals surface area contributed by atoms with E-state index in [0.29, 0.717) is 17.1 Å². The molecule has 0 amide bonds. The van der Waals surface area contributed by atoms with E-state index in [9.17, 15) is 9.18 Å². The molecule has 0 spiro atoms. The van der Waals surface area contributed by atoms with Crippen LogP contribution in [-0.2, 0) is 11.2 Å². The number of hydrogen-bond donors (Lipinski definition) is 1. The van der Waals surface area contributed by atoms with Crippen molar-refractivity contribution in [1.82, 2.24) is 0 Å². The van der Waals surface area contributed by atoms with E-state index in [1.54, 1.807) is 18.2 Å². The van der Waals surface area contributed by atoms with Gasteiger partial charge in [-0.25, -0.2) is 9.18 Å². The summed E-state index contributed by atoms with van der Waals surface area (Å²) in [6, 6.07) is 4.81. The highest BCUT2D eigenvalue weighted by Crippen LogP contribution is 2.26. The summed E-state index contributed by atoms with van der Waals surface area (Å²) in [5, 5.41) is 8.47. The molecule has 1 aromatic carbocycles. The van der Waals surface area contributed by atoms with E-state index in [2.05, 4.69) is 0 Å². The largest absolute Gasteiger partial charge is 0.497 e. The third-order valence-corrected chi connectivity index (χ3v) is 2.16. The van der Waals surface area contributed by atoms with Gasteiger partial charge in [-0.3, -0.25) is 0 Å². The number of methoxy groups -OCH3 is 2. The monoisotopic (exact) mass is 228 g/mol. The van der Waals surface area contributed by atoms with Crippen molar-refractivity contribution in [2.75, 3.05) is 14.2 Å². The van der Waals surface area contributed by atoms with Gasteiger partial charge in [0.25, 0.3) is 0 Å². The minimum Gasteiger partial charge on any atom is -0.497 e. The van der Waals surface area contributed by atoms with Gasteiger partial charge in [0, 0.05) is 12.5 Å². The Morgan fingerprint density at radius 2 is 2.12 bits per heavy atom. The van der Waals surface area contributed by atoms with Crippen LogP contribution in [0.4, 0.5) is 4.39 Å². The smallest absolute Gasteiger partial charge is 0.338 e. The van der Waals surface area contributed by atoms with E-state index in [0.717, 1.165) is 0 Å². The summed E-state index contributed by atoms with van der Waals surface area (Å²) < 4.78 is 23.0. The van der Waals surface area contributed by atoms with Crippen LogP contribution in [0.3, 0.4) is 0 Å². The molecule has 0 saturated carbocycles. The van der Waals surface area contributed by atoms with Crippen molar-refractivity contribution >= 4 is 5.97 Å². The summed E-state index contributed by atoms with van der Waals surface area (Å²) in [6.45, 7) is 0. The maximum Gasteiger partial charge on any atom is 0.338 e. The predicted molar refractivity (Wildman–Crippen MR) is 55.8 cm³/mol. The van der Waals surface area contributed by atoms with Gasteiger partial charge in [0.2, 0.25) is 6.17 Å². The Bertz CT molecular complexity index is 378. The molecule has 0 aliphatic rings. The predicted octanol–water partition coefficient (Wildman–Crippen LogP) is 1.67. The summed E-state index contributed by atoms with van der Waals surface area (Å²) >= 11 is 0. The first-order valence-electron chi connectivity index (χ1n) is 4.66. The third kappa shape index (κ3) is 2.85. The molecule has 1 unspecified atom stereocenters. The number of halogens is 1. The lowest BCUT2D eigenvalue weighted by Crippen LogP contribution is -2.17. The molecule has 0 aliphatic heterocycles. The SMILES string of the molecule is COc1ccc(CC(F)C(=O)O)c(OC)c1. The fourth-order valence-corrected chi connectivity index (χ4v) is 1.30. The lowest BCUT2D eigenvalue weighted by Gasteiger charge is -2.10. The molecular weight excluding hydrogens is 215 g/mol. The summed E-state index contributed by atoms with van der Waals surface area (Å²) in [4.78, 5) is 10.4. The molecule has 1 aromatic rings. The minimum atomic E-state index is -1.93. The zero-order valence-corrected chi connectivity index (χ0v) is 9.07.